The second-order valence-corrected chi connectivity index (χ2v) is 9.73. The number of fused-ring (bicyclic) bond motifs is 5. The lowest BCUT2D eigenvalue weighted by atomic mass is 9.47. The molecule has 0 heterocycles. The highest BCUT2D eigenvalue weighted by molar-refractivity contribution is 6.45. The van der Waals surface area contributed by atoms with Crippen molar-refractivity contribution in [3.05, 3.63) is 22.8 Å². The molecule has 0 aliphatic heterocycles. The lowest BCUT2D eigenvalue weighted by Crippen LogP contribution is -2.58. The molecule has 0 spiro atoms. The Kier molecular flexibility index (Phi) is 3.82. The maximum absolute atomic E-state index is 12.0. The largest absolute Gasteiger partial charge is 0.479 e. The molecule has 0 amide bonds. The Hall–Kier alpha value is -1.13. The molecular formula is C21H27ClO4. The Bertz CT molecular complexity index is 755. The number of carbonyl (C=O) groups is 2. The van der Waals surface area contributed by atoms with Gasteiger partial charge in [0.15, 0.2) is 11.4 Å². The zero-order valence-corrected chi connectivity index (χ0v) is 16.3. The Labute approximate surface area is 159 Å². The number of hydrogen-bond donors (Lipinski definition) is 2. The lowest BCUT2D eigenvalue weighted by molar-refractivity contribution is -0.186. The summed E-state index contributed by atoms with van der Waals surface area (Å²) in [4.78, 5) is 24.0. The van der Waals surface area contributed by atoms with Crippen molar-refractivity contribution in [3.8, 4) is 0 Å². The van der Waals surface area contributed by atoms with Gasteiger partial charge in [-0.25, -0.2) is 4.79 Å². The first kappa shape index (κ1) is 18.2. The van der Waals surface area contributed by atoms with Crippen molar-refractivity contribution in [2.24, 2.45) is 34.5 Å². The normalized spacial score (nSPS) is 50.3. The Morgan fingerprint density at radius 2 is 1.96 bits per heavy atom. The van der Waals surface area contributed by atoms with E-state index in [0.717, 1.165) is 31.3 Å². The molecule has 2 N–H and O–H groups in total. The van der Waals surface area contributed by atoms with E-state index in [1.54, 1.807) is 6.08 Å². The highest BCUT2D eigenvalue weighted by atomic mass is 35.5. The van der Waals surface area contributed by atoms with Gasteiger partial charge in [0, 0.05) is 10.8 Å². The van der Waals surface area contributed by atoms with Gasteiger partial charge in [-0.2, -0.15) is 0 Å². The van der Waals surface area contributed by atoms with Crippen LogP contribution in [-0.4, -0.2) is 27.6 Å². The quantitative estimate of drug-likeness (QED) is 0.725. The average molecular weight is 379 g/mol. The van der Waals surface area contributed by atoms with E-state index >= 15 is 0 Å². The maximum Gasteiger partial charge on any atom is 0.336 e. The fourth-order valence-corrected chi connectivity index (χ4v) is 7.44. The van der Waals surface area contributed by atoms with Gasteiger partial charge in [-0.3, -0.25) is 4.79 Å². The molecule has 3 saturated carbocycles. The third-order valence-corrected chi connectivity index (χ3v) is 8.97. The number of carboxylic acid groups (broad SMARTS) is 1. The zero-order chi connectivity index (χ0) is 19.1. The number of hydrogen-bond acceptors (Lipinski definition) is 3. The van der Waals surface area contributed by atoms with Gasteiger partial charge in [0.25, 0.3) is 0 Å². The SMILES string of the molecule is C[C@@H]1C[C@H]2[C@@H]3CCC4=C(Cl)C(=O)C=C[C@]4(C)[C@H]3CC[C@]2(C)[C@@]1(O)C(=O)O. The van der Waals surface area contributed by atoms with Gasteiger partial charge in [0.1, 0.15) is 0 Å². The van der Waals surface area contributed by atoms with Crippen LogP contribution in [0.4, 0.5) is 0 Å². The molecule has 3 fully saturated rings. The summed E-state index contributed by atoms with van der Waals surface area (Å²) in [5, 5.41) is 21.4. The minimum atomic E-state index is -1.66. The van der Waals surface area contributed by atoms with Crippen LogP contribution in [0, 0.1) is 34.5 Å². The van der Waals surface area contributed by atoms with Crippen LogP contribution in [0.25, 0.3) is 0 Å². The summed E-state index contributed by atoms with van der Waals surface area (Å²) < 4.78 is 0. The van der Waals surface area contributed by atoms with Crippen LogP contribution in [0.1, 0.15) is 52.9 Å². The Morgan fingerprint density at radius 3 is 2.62 bits per heavy atom. The van der Waals surface area contributed by atoms with Gasteiger partial charge >= 0.3 is 5.97 Å². The van der Waals surface area contributed by atoms with E-state index < -0.39 is 17.0 Å². The van der Waals surface area contributed by atoms with Crippen molar-refractivity contribution in [2.45, 2.75) is 58.5 Å². The molecule has 0 aromatic heterocycles. The average Bonchev–Trinajstić information content (AvgIpc) is 2.80. The minimum absolute atomic E-state index is 0.104. The van der Waals surface area contributed by atoms with E-state index in [4.69, 9.17) is 11.6 Å². The van der Waals surface area contributed by atoms with Gasteiger partial charge in [0.05, 0.1) is 5.03 Å². The van der Waals surface area contributed by atoms with E-state index in [1.165, 1.54) is 0 Å². The molecule has 0 unspecified atom stereocenters. The smallest absolute Gasteiger partial charge is 0.336 e. The van der Waals surface area contributed by atoms with E-state index in [1.807, 2.05) is 19.9 Å². The Balaban J connectivity index is 1.76. The second kappa shape index (κ2) is 5.45. The van der Waals surface area contributed by atoms with E-state index in [0.29, 0.717) is 23.3 Å². The predicted octanol–water partition coefficient (Wildman–Crippen LogP) is 3.92. The number of halogens is 1. The van der Waals surface area contributed by atoms with Crippen molar-refractivity contribution in [3.63, 3.8) is 0 Å². The first-order chi connectivity index (χ1) is 12.1. The number of aliphatic carboxylic acids is 1. The molecule has 0 aromatic rings. The predicted molar refractivity (Wildman–Crippen MR) is 98.5 cm³/mol. The highest BCUT2D eigenvalue weighted by Gasteiger charge is 2.69. The third kappa shape index (κ3) is 1.95. The van der Waals surface area contributed by atoms with Crippen LogP contribution in [0.3, 0.4) is 0 Å². The number of ketones is 1. The molecule has 4 nitrogen and oxygen atoms in total. The molecule has 7 atom stereocenters. The third-order valence-electron chi connectivity index (χ3n) is 8.55. The van der Waals surface area contributed by atoms with Crippen LogP contribution in [0.5, 0.6) is 0 Å². The van der Waals surface area contributed by atoms with Gasteiger partial charge in [0.2, 0.25) is 0 Å². The Morgan fingerprint density at radius 1 is 1.27 bits per heavy atom. The van der Waals surface area contributed by atoms with Crippen LogP contribution >= 0.6 is 11.6 Å². The lowest BCUT2D eigenvalue weighted by Gasteiger charge is -2.57. The van der Waals surface area contributed by atoms with E-state index in [-0.39, 0.29) is 23.0 Å². The summed E-state index contributed by atoms with van der Waals surface area (Å²) >= 11 is 6.37. The molecule has 4 rings (SSSR count). The summed E-state index contributed by atoms with van der Waals surface area (Å²) in [5.41, 5.74) is -1.44. The number of aliphatic hydroxyl groups is 1. The molecule has 0 saturated heterocycles. The summed E-state index contributed by atoms with van der Waals surface area (Å²) in [6.45, 7) is 6.03. The highest BCUT2D eigenvalue weighted by Crippen LogP contribution is 2.68. The minimum Gasteiger partial charge on any atom is -0.479 e. The van der Waals surface area contributed by atoms with Crippen molar-refractivity contribution in [1.29, 1.82) is 0 Å². The summed E-state index contributed by atoms with van der Waals surface area (Å²) in [7, 11) is 0. The summed E-state index contributed by atoms with van der Waals surface area (Å²) in [6, 6.07) is 0. The molecule has 142 valence electrons. The van der Waals surface area contributed by atoms with Crippen LogP contribution < -0.4 is 0 Å². The van der Waals surface area contributed by atoms with Gasteiger partial charge in [-0.05, 0) is 67.4 Å². The van der Waals surface area contributed by atoms with Crippen LogP contribution in [-0.2, 0) is 9.59 Å². The second-order valence-electron chi connectivity index (χ2n) is 9.35. The molecule has 0 radical (unpaired) electrons. The van der Waals surface area contributed by atoms with Gasteiger partial charge in [-0.1, -0.05) is 38.4 Å². The van der Waals surface area contributed by atoms with E-state index in [2.05, 4.69) is 6.92 Å². The molecule has 4 aliphatic carbocycles. The topological polar surface area (TPSA) is 74.6 Å². The van der Waals surface area contributed by atoms with Crippen molar-refractivity contribution in [1.82, 2.24) is 0 Å². The number of carbonyl (C=O) groups excluding carboxylic acids is 1. The van der Waals surface area contributed by atoms with E-state index in [9.17, 15) is 19.8 Å². The standard InChI is InChI=1S/C21H27ClO4/c1-11-10-15-12-4-5-14-17(22)16(23)7-8-19(14,2)13(12)6-9-20(15,3)21(11,26)18(24)25/h7-8,11-13,15,26H,4-6,9-10H2,1-3H3,(H,24,25)/t11-,12-,13+,15+,19-,20+,21+/m1/s1. The maximum atomic E-state index is 12.0. The molecule has 5 heteroatoms. The number of rotatable bonds is 1. The molecular weight excluding hydrogens is 352 g/mol. The van der Waals surface area contributed by atoms with Crippen molar-refractivity contribution < 1.29 is 19.8 Å². The van der Waals surface area contributed by atoms with Gasteiger partial charge in [-0.15, -0.1) is 0 Å². The first-order valence-corrected chi connectivity index (χ1v) is 10.0. The number of carboxylic acids is 1. The van der Waals surface area contributed by atoms with Gasteiger partial charge < -0.3 is 10.2 Å². The molecule has 0 bridgehead atoms. The number of allylic oxidation sites excluding steroid dienone is 4. The fraction of sp³-hybridized carbons (Fsp3) is 0.714. The monoisotopic (exact) mass is 378 g/mol. The fourth-order valence-electron chi connectivity index (χ4n) is 7.08. The summed E-state index contributed by atoms with van der Waals surface area (Å²) in [6.07, 6.45) is 7.60. The summed E-state index contributed by atoms with van der Waals surface area (Å²) in [5.74, 6) is -0.576. The first-order valence-electron chi connectivity index (χ1n) is 9.66. The molecule has 4 aliphatic rings. The molecule has 26 heavy (non-hydrogen) atoms. The molecule has 0 aromatic carbocycles. The van der Waals surface area contributed by atoms with Crippen LogP contribution in [0.15, 0.2) is 22.8 Å². The zero-order valence-electron chi connectivity index (χ0n) is 15.6. The van der Waals surface area contributed by atoms with Crippen molar-refractivity contribution in [2.75, 3.05) is 0 Å². The van der Waals surface area contributed by atoms with Crippen molar-refractivity contribution >= 4 is 23.4 Å². The van der Waals surface area contributed by atoms with Crippen LogP contribution in [0.2, 0.25) is 0 Å².